The number of hydrogen-bond donors (Lipinski definition) is 5. The fraction of sp³-hybridized carbons (Fsp3) is 0.692. The van der Waals surface area contributed by atoms with Crippen molar-refractivity contribution in [2.24, 2.45) is 5.41 Å². The molecule has 3 heterocycles. The van der Waals surface area contributed by atoms with E-state index in [1.165, 1.54) is 33.1 Å². The predicted octanol–water partition coefficient (Wildman–Crippen LogP) is -10.0. The number of aromatic nitrogens is 4. The maximum absolute atomic E-state index is 12.6. The molecule has 0 bridgehead atoms. The van der Waals surface area contributed by atoms with Crippen LogP contribution >= 0.6 is 35.2 Å². The number of rotatable bonds is 33. The second kappa shape index (κ2) is 36.5. The van der Waals surface area contributed by atoms with Crippen LogP contribution in [0.2, 0.25) is 0 Å². The van der Waals surface area contributed by atoms with Crippen LogP contribution in [0.15, 0.2) is 37.0 Å². The maximum Gasteiger partial charge on any atom is 1.00 e. The first-order chi connectivity index (χ1) is 31.6. The van der Waals surface area contributed by atoms with E-state index in [0.29, 0.717) is 12.2 Å². The molecule has 2 aromatic rings. The largest absolute Gasteiger partial charge is 1.00 e. The molecule has 71 heavy (non-hydrogen) atoms. The number of anilines is 1. The Bertz CT molecular complexity index is 2110. The monoisotopic (exact) mass is 1050 g/mol. The van der Waals surface area contributed by atoms with Gasteiger partial charge in [-0.2, -0.15) is 0 Å². The van der Waals surface area contributed by atoms with E-state index in [2.05, 4.69) is 74.7 Å². The van der Waals surface area contributed by atoms with Crippen molar-refractivity contribution in [3.05, 3.63) is 37.0 Å². The second-order valence-electron chi connectivity index (χ2n) is 16.2. The molecule has 24 nitrogen and oxygen atoms in total. The number of nitrogens with two attached hydrogens (primary N) is 1. The number of ether oxygens (including phenoxy) is 1. The third-order valence-electron chi connectivity index (χ3n) is 10.1. The van der Waals surface area contributed by atoms with Crippen LogP contribution in [0.25, 0.3) is 11.2 Å². The molecule has 0 aromatic carbocycles. The Labute approximate surface area is 466 Å². The molecule has 7 atom stereocenters. The van der Waals surface area contributed by atoms with Gasteiger partial charge >= 0.3 is 75.4 Å². The van der Waals surface area contributed by atoms with Gasteiger partial charge in [0.1, 0.15) is 36.3 Å². The Morgan fingerprint density at radius 2 is 1.51 bits per heavy atom. The van der Waals surface area contributed by atoms with Gasteiger partial charge in [-0.15, -0.1) is 0 Å². The number of nitrogens with zero attached hydrogens (tertiary/aromatic N) is 4. The molecule has 0 radical (unpaired) electrons. The smallest absolute Gasteiger partial charge is 0.790 e. The van der Waals surface area contributed by atoms with Gasteiger partial charge in [0.25, 0.3) is 15.6 Å². The van der Waals surface area contributed by atoms with Gasteiger partial charge in [-0.1, -0.05) is 88.9 Å². The zero-order valence-electron chi connectivity index (χ0n) is 41.7. The van der Waals surface area contributed by atoms with Crippen molar-refractivity contribution in [2.45, 2.75) is 135 Å². The average Bonchev–Trinajstić information content (AvgIpc) is 3.81. The number of hydrogen-bond acceptors (Lipinski definition) is 22. The van der Waals surface area contributed by atoms with Crippen LogP contribution in [-0.2, 0) is 50.7 Å². The van der Waals surface area contributed by atoms with Crippen molar-refractivity contribution < 1.29 is 156 Å². The van der Waals surface area contributed by atoms with Gasteiger partial charge in [0.15, 0.2) is 22.8 Å². The molecule has 380 valence electrons. The van der Waals surface area contributed by atoms with Crippen LogP contribution in [0, 0.1) is 5.41 Å². The number of thioether (sulfide) groups is 1. The van der Waals surface area contributed by atoms with E-state index in [1.54, 1.807) is 0 Å². The molecule has 0 saturated carbocycles. The fourth-order valence-corrected chi connectivity index (χ4v) is 9.88. The Kier molecular flexibility index (Phi) is 37.2. The molecule has 1 saturated heterocycles. The number of imidazole rings is 1. The third kappa shape index (κ3) is 27.9. The molecule has 2 aromatic heterocycles. The molecule has 2 unspecified atom stereocenters. The van der Waals surface area contributed by atoms with Crippen molar-refractivity contribution in [1.29, 1.82) is 0 Å². The van der Waals surface area contributed by atoms with E-state index in [0.717, 1.165) is 80.4 Å². The first-order valence-electron chi connectivity index (χ1n) is 21.8. The number of carbonyl (C=O) groups excluding carboxylic acids is 3. The molecule has 1 aliphatic rings. The van der Waals surface area contributed by atoms with E-state index < -0.39 is 84.6 Å². The Hall–Kier alpha value is -0.570. The zero-order chi connectivity index (χ0) is 49.7. The molecule has 1 fully saturated rings. The Balaban J connectivity index is 0. The Morgan fingerprint density at radius 1 is 0.887 bits per heavy atom. The minimum atomic E-state index is -5.92. The van der Waals surface area contributed by atoms with Crippen LogP contribution in [-0.4, -0.2) is 103 Å². The molecule has 0 spiro atoms. The van der Waals surface area contributed by atoms with Crippen LogP contribution in [0.3, 0.4) is 0 Å². The van der Waals surface area contributed by atoms with Gasteiger partial charge in [-0.25, -0.2) is 19.3 Å². The van der Waals surface area contributed by atoms with Crippen molar-refractivity contribution >= 4 is 69.1 Å². The van der Waals surface area contributed by atoms with Gasteiger partial charge in [0.2, 0.25) is 11.8 Å². The topological polar surface area (TPSA) is 375 Å². The predicted molar refractivity (Wildman–Crippen MR) is 238 cm³/mol. The number of aliphatic hydroxyl groups is 2. The van der Waals surface area contributed by atoms with E-state index in [9.17, 15) is 57.9 Å². The van der Waals surface area contributed by atoms with Gasteiger partial charge < -0.3 is 69.0 Å². The average molecular weight is 1050 g/mol. The standard InChI is InChI=1S/C39H66N7O17P3S.4Li/c1-4-5-6-7-8-9-10-11-12-13-14-15-16-17-18-19-30(48)67-23-22-41-29(47)20-21-42-37(51)34(50)39(2,3)25-60-66(57,58)63-65(55,56)59-24-28-33(62-64(52,53)54)32(49)38(61-28)46-27-45-31-35(40)43-26-44-36(31)46;;;;/h8-9,11-12,26-28,32-34,38,49-50H,4-7,10,13-25H2,1-3H3,(H,41,47)(H,42,51)(H,55,56)(H,57,58)(H2,40,43,44)(H2,52,53,54);;;;/q;4*+1/p-4/b9-8-,12-11-;;;;/t28-,32-,33-,34+,38-;;;;/m1..../s1. The fourth-order valence-electron chi connectivity index (χ4n) is 6.43. The van der Waals surface area contributed by atoms with Gasteiger partial charge in [-0.3, -0.25) is 28.1 Å². The summed E-state index contributed by atoms with van der Waals surface area (Å²) in [5, 5.41) is 26.5. The molecule has 3 rings (SSSR count). The van der Waals surface area contributed by atoms with Crippen LogP contribution in [0.4, 0.5) is 5.82 Å². The van der Waals surface area contributed by atoms with Gasteiger partial charge in [-0.05, 0) is 38.5 Å². The minimum Gasteiger partial charge on any atom is -0.790 e. The van der Waals surface area contributed by atoms with Gasteiger partial charge in [0.05, 0.1) is 27.4 Å². The summed E-state index contributed by atoms with van der Waals surface area (Å²) in [6.45, 7) is 2.36. The number of fused-ring (bicyclic) bond motifs is 1. The minimum absolute atomic E-state index is 0. The maximum atomic E-state index is 12.6. The molecule has 6 N–H and O–H groups in total. The second-order valence-corrected chi connectivity index (χ2v) is 21.4. The summed E-state index contributed by atoms with van der Waals surface area (Å²) in [5.41, 5.74) is 4.09. The van der Waals surface area contributed by atoms with E-state index in [1.807, 2.05) is 0 Å². The molecule has 0 aliphatic carbocycles. The number of amides is 2. The van der Waals surface area contributed by atoms with E-state index >= 15 is 0 Å². The molecule has 32 heteroatoms. The first kappa shape index (κ1) is 72.5. The molecule has 2 amide bonds. The summed E-state index contributed by atoms with van der Waals surface area (Å²) in [6, 6.07) is 0. The van der Waals surface area contributed by atoms with Crippen molar-refractivity contribution in [1.82, 2.24) is 30.2 Å². The number of phosphoric ester groups is 3. The first-order valence-corrected chi connectivity index (χ1v) is 27.2. The number of aliphatic hydroxyl groups excluding tert-OH is 2. The van der Waals surface area contributed by atoms with E-state index in [-0.39, 0.29) is 117 Å². The number of nitrogen functional groups attached to an aromatic ring is 1. The summed E-state index contributed by atoms with van der Waals surface area (Å²) in [7, 11) is -17.6. The van der Waals surface area contributed by atoms with E-state index in [4.69, 9.17) is 10.5 Å². The van der Waals surface area contributed by atoms with Gasteiger partial charge in [0, 0.05) is 37.1 Å². The molecule has 1 aliphatic heterocycles. The zero-order valence-corrected chi connectivity index (χ0v) is 45.2. The summed E-state index contributed by atoms with van der Waals surface area (Å²) < 4.78 is 60.8. The number of nitrogens with one attached hydrogen (secondary N) is 2. The number of phosphoric acid groups is 3. The quantitative estimate of drug-likeness (QED) is 0.0192. The van der Waals surface area contributed by atoms with Crippen LogP contribution in [0.5, 0.6) is 0 Å². The number of allylic oxidation sites excluding steroid dienone is 4. The summed E-state index contributed by atoms with van der Waals surface area (Å²) >= 11 is 1.13. The van der Waals surface area contributed by atoms with Crippen LogP contribution < -0.4 is 111 Å². The number of unbranched alkanes of at least 4 members (excludes halogenated alkanes) is 8. The van der Waals surface area contributed by atoms with Crippen molar-refractivity contribution in [3.63, 3.8) is 0 Å². The summed E-state index contributed by atoms with van der Waals surface area (Å²) in [4.78, 5) is 96.8. The summed E-state index contributed by atoms with van der Waals surface area (Å²) in [5.74, 6) is -1.15. The Morgan fingerprint density at radius 3 is 2.15 bits per heavy atom. The van der Waals surface area contributed by atoms with Crippen molar-refractivity contribution in [3.8, 4) is 0 Å². The normalized spacial score (nSPS) is 19.2. The summed E-state index contributed by atoms with van der Waals surface area (Å²) in [6.07, 6.45) is 13.8. The van der Waals surface area contributed by atoms with Crippen molar-refractivity contribution in [2.75, 3.05) is 37.8 Å². The third-order valence-corrected chi connectivity index (χ3v) is 14.0. The molecular formula is C39H62Li4N7O17P3S. The molecular weight excluding hydrogens is 991 g/mol. The SMILES string of the molecule is CCCCC/C=C\C/C=C\CCCCCCCC(=O)SCCNC(=O)CCNC(=O)[C@H](O)C(C)(C)COP(=O)([O-])OP(=O)([O-])OC[C@H]1O[C@@H](n2cnc3c(N)ncnc32)[C@H](O)[C@@H]1OP(=O)([O-])[O-].[Li+].[Li+].[Li+].[Li+]. The number of carbonyl (C=O) groups is 3. The van der Waals surface area contributed by atoms with Crippen LogP contribution in [0.1, 0.15) is 110 Å².